The summed E-state index contributed by atoms with van der Waals surface area (Å²) in [6.45, 7) is 6.72. The van der Waals surface area contributed by atoms with Crippen LogP contribution in [0.2, 0.25) is 0 Å². The molecule has 188 valence electrons. The zero-order valence-corrected chi connectivity index (χ0v) is 20.6. The molecule has 2 aliphatic rings. The number of carbonyl (C=O) groups excluding carboxylic acids is 2. The van der Waals surface area contributed by atoms with E-state index in [-0.39, 0.29) is 18.3 Å². The second-order valence-electron chi connectivity index (χ2n) is 9.38. The summed E-state index contributed by atoms with van der Waals surface area (Å²) in [7, 11) is 0. The van der Waals surface area contributed by atoms with Gasteiger partial charge in [-0.05, 0) is 43.3 Å². The topological polar surface area (TPSA) is 66.0 Å². The summed E-state index contributed by atoms with van der Waals surface area (Å²) >= 11 is 0. The van der Waals surface area contributed by atoms with Gasteiger partial charge in [-0.3, -0.25) is 14.7 Å². The van der Waals surface area contributed by atoms with Crippen LogP contribution in [-0.4, -0.2) is 72.5 Å². The molecule has 0 spiro atoms. The number of hydrogen-bond donors (Lipinski definition) is 0. The van der Waals surface area contributed by atoms with Crippen molar-refractivity contribution < 1.29 is 18.7 Å². The number of esters is 1. The Labute approximate surface area is 210 Å². The van der Waals surface area contributed by atoms with Crippen LogP contribution >= 0.6 is 0 Å². The average molecular weight is 491 g/mol. The molecule has 0 radical (unpaired) electrons. The highest BCUT2D eigenvalue weighted by atomic mass is 19.1. The van der Waals surface area contributed by atoms with E-state index in [4.69, 9.17) is 9.72 Å². The van der Waals surface area contributed by atoms with Crippen molar-refractivity contribution >= 4 is 28.5 Å². The molecule has 1 saturated heterocycles. The molecule has 1 fully saturated rings. The van der Waals surface area contributed by atoms with Crippen molar-refractivity contribution in [1.82, 2.24) is 14.8 Å². The summed E-state index contributed by atoms with van der Waals surface area (Å²) in [5, 5.41) is 0.764. The zero-order chi connectivity index (χ0) is 25.1. The van der Waals surface area contributed by atoms with Gasteiger partial charge in [-0.2, -0.15) is 0 Å². The zero-order valence-electron chi connectivity index (χ0n) is 20.6. The van der Waals surface area contributed by atoms with Gasteiger partial charge in [0, 0.05) is 68.0 Å². The summed E-state index contributed by atoms with van der Waals surface area (Å²) in [6.07, 6.45) is 1.83. The van der Waals surface area contributed by atoms with Crippen LogP contribution in [-0.2, 0) is 22.5 Å². The Bertz CT molecular complexity index is 1260. The van der Waals surface area contributed by atoms with E-state index in [0.29, 0.717) is 38.3 Å². The maximum Gasteiger partial charge on any atom is 0.339 e. The van der Waals surface area contributed by atoms with Crippen LogP contribution in [0.4, 0.5) is 10.1 Å². The van der Waals surface area contributed by atoms with Crippen LogP contribution in [0.3, 0.4) is 0 Å². The highest BCUT2D eigenvalue weighted by Crippen LogP contribution is 2.29. The van der Waals surface area contributed by atoms with Crippen LogP contribution < -0.4 is 4.90 Å². The van der Waals surface area contributed by atoms with Crippen LogP contribution in [0, 0.1) is 5.82 Å². The summed E-state index contributed by atoms with van der Waals surface area (Å²) in [5.74, 6) is -0.945. The molecule has 3 heterocycles. The van der Waals surface area contributed by atoms with Crippen molar-refractivity contribution in [3.05, 3.63) is 71.2 Å². The van der Waals surface area contributed by atoms with Crippen molar-refractivity contribution in [3.63, 3.8) is 0 Å². The van der Waals surface area contributed by atoms with Gasteiger partial charge in [0.1, 0.15) is 5.82 Å². The molecule has 8 heteroatoms. The number of hydrogen-bond acceptors (Lipinski definition) is 6. The number of para-hydroxylation sites is 1. The fourth-order valence-electron chi connectivity index (χ4n) is 5.14. The van der Waals surface area contributed by atoms with Gasteiger partial charge in [0.05, 0.1) is 11.1 Å². The second-order valence-corrected chi connectivity index (χ2v) is 9.38. The average Bonchev–Trinajstić information content (AvgIpc) is 2.91. The van der Waals surface area contributed by atoms with E-state index in [1.165, 1.54) is 12.1 Å². The van der Waals surface area contributed by atoms with Gasteiger partial charge in [0.15, 0.2) is 6.61 Å². The number of rotatable bonds is 6. The Morgan fingerprint density at radius 1 is 1.00 bits per heavy atom. The lowest BCUT2D eigenvalue weighted by atomic mass is 9.95. The molecule has 1 amide bonds. The van der Waals surface area contributed by atoms with Crippen LogP contribution in [0.25, 0.3) is 10.9 Å². The summed E-state index contributed by atoms with van der Waals surface area (Å²) < 4.78 is 18.8. The molecule has 2 aromatic carbocycles. The number of pyridine rings is 1. The van der Waals surface area contributed by atoms with Crippen molar-refractivity contribution in [2.24, 2.45) is 0 Å². The number of benzene rings is 2. The van der Waals surface area contributed by atoms with Crippen LogP contribution in [0.5, 0.6) is 0 Å². The molecule has 0 unspecified atom stereocenters. The number of aromatic nitrogens is 1. The minimum Gasteiger partial charge on any atom is -0.452 e. The first-order valence-electron chi connectivity index (χ1n) is 12.6. The lowest BCUT2D eigenvalue weighted by Gasteiger charge is -2.36. The smallest absolute Gasteiger partial charge is 0.339 e. The molecule has 0 N–H and O–H groups in total. The van der Waals surface area contributed by atoms with E-state index in [9.17, 15) is 14.0 Å². The largest absolute Gasteiger partial charge is 0.452 e. The number of nitrogens with zero attached hydrogens (tertiary/aromatic N) is 4. The Kier molecular flexibility index (Phi) is 7.13. The Hall–Kier alpha value is -3.52. The normalized spacial score (nSPS) is 16.2. The maximum absolute atomic E-state index is 13.4. The molecule has 0 saturated carbocycles. The standard InChI is InChI=1S/C28H31FN4O3/c1-2-12-31-13-11-25-23(18-31)27(22-5-3-4-6-24(22)30-25)28(35)36-19-26(34)33-16-14-32(15-17-33)21-9-7-20(29)8-10-21/h3-10H,2,11-19H2,1H3. The fraction of sp³-hybridized carbons (Fsp3) is 0.393. The van der Waals surface area contributed by atoms with Crippen LogP contribution in [0.1, 0.15) is 35.0 Å². The lowest BCUT2D eigenvalue weighted by molar-refractivity contribution is -0.134. The van der Waals surface area contributed by atoms with Crippen molar-refractivity contribution in [3.8, 4) is 0 Å². The molecule has 7 nitrogen and oxygen atoms in total. The van der Waals surface area contributed by atoms with Gasteiger partial charge in [-0.1, -0.05) is 25.1 Å². The lowest BCUT2D eigenvalue weighted by Crippen LogP contribution is -2.50. The first kappa shape index (κ1) is 24.2. The van der Waals surface area contributed by atoms with Gasteiger partial charge < -0.3 is 14.5 Å². The first-order chi connectivity index (χ1) is 17.5. The quantitative estimate of drug-likeness (QED) is 0.492. The SMILES string of the molecule is CCCN1CCc2nc3ccccc3c(C(=O)OCC(=O)N3CCN(c4ccc(F)cc4)CC3)c2C1. The second kappa shape index (κ2) is 10.6. The summed E-state index contributed by atoms with van der Waals surface area (Å²) in [4.78, 5) is 37.2. The fourth-order valence-corrected chi connectivity index (χ4v) is 5.14. The third-order valence-corrected chi connectivity index (χ3v) is 7.02. The maximum atomic E-state index is 13.4. The molecule has 2 aliphatic heterocycles. The Morgan fingerprint density at radius 2 is 1.75 bits per heavy atom. The predicted molar refractivity (Wildman–Crippen MR) is 136 cm³/mol. The molecule has 1 aromatic heterocycles. The van der Waals surface area contributed by atoms with E-state index in [2.05, 4.69) is 16.7 Å². The molecule has 3 aromatic rings. The monoisotopic (exact) mass is 490 g/mol. The number of halogens is 1. The number of fused-ring (bicyclic) bond motifs is 2. The number of piperazine rings is 1. The Morgan fingerprint density at radius 3 is 2.50 bits per heavy atom. The molecular formula is C28H31FN4O3. The molecule has 5 rings (SSSR count). The van der Waals surface area contributed by atoms with Gasteiger partial charge in [-0.25, -0.2) is 9.18 Å². The highest BCUT2D eigenvalue weighted by molar-refractivity contribution is 6.05. The van der Waals surface area contributed by atoms with E-state index in [1.807, 2.05) is 24.3 Å². The third-order valence-electron chi connectivity index (χ3n) is 7.02. The molecule has 0 aliphatic carbocycles. The number of amides is 1. The predicted octanol–water partition coefficient (Wildman–Crippen LogP) is 3.65. The molecular weight excluding hydrogens is 459 g/mol. The van der Waals surface area contributed by atoms with Crippen LogP contribution in [0.15, 0.2) is 48.5 Å². The van der Waals surface area contributed by atoms with Gasteiger partial charge in [0.2, 0.25) is 0 Å². The number of ether oxygens (including phenoxy) is 1. The van der Waals surface area contributed by atoms with E-state index < -0.39 is 5.97 Å². The van der Waals surface area contributed by atoms with E-state index in [0.717, 1.165) is 53.8 Å². The van der Waals surface area contributed by atoms with Gasteiger partial charge >= 0.3 is 5.97 Å². The first-order valence-corrected chi connectivity index (χ1v) is 12.6. The number of carbonyl (C=O) groups is 2. The third kappa shape index (κ3) is 5.04. The Balaban J connectivity index is 1.26. The molecule has 36 heavy (non-hydrogen) atoms. The van der Waals surface area contributed by atoms with E-state index >= 15 is 0 Å². The molecule has 0 bridgehead atoms. The van der Waals surface area contributed by atoms with Crippen molar-refractivity contribution in [2.75, 3.05) is 50.8 Å². The van der Waals surface area contributed by atoms with Gasteiger partial charge in [0.25, 0.3) is 5.91 Å². The van der Waals surface area contributed by atoms with E-state index in [1.54, 1.807) is 17.0 Å². The number of anilines is 1. The van der Waals surface area contributed by atoms with Crippen molar-refractivity contribution in [1.29, 1.82) is 0 Å². The van der Waals surface area contributed by atoms with Crippen molar-refractivity contribution in [2.45, 2.75) is 26.3 Å². The minimum atomic E-state index is -0.471. The highest BCUT2D eigenvalue weighted by Gasteiger charge is 2.28. The molecule has 0 atom stereocenters. The minimum absolute atomic E-state index is 0.207. The van der Waals surface area contributed by atoms with Gasteiger partial charge in [-0.15, -0.1) is 0 Å². The summed E-state index contributed by atoms with van der Waals surface area (Å²) in [5.41, 5.74) is 4.09. The summed E-state index contributed by atoms with van der Waals surface area (Å²) in [6, 6.07) is 14.0.